The lowest BCUT2D eigenvalue weighted by atomic mass is 9.63. The number of aromatic nitrogens is 1. The third-order valence-corrected chi connectivity index (χ3v) is 9.59. The van der Waals surface area contributed by atoms with Gasteiger partial charge in [0.15, 0.2) is 0 Å². The van der Waals surface area contributed by atoms with Gasteiger partial charge in [-0.2, -0.15) is 0 Å². The minimum absolute atomic E-state index is 0.0289. The number of thiazole rings is 1. The van der Waals surface area contributed by atoms with E-state index >= 15 is 0 Å². The number of aliphatic hydroxyl groups excluding tert-OH is 1. The zero-order valence-corrected chi connectivity index (χ0v) is 21.4. The third kappa shape index (κ3) is 4.39. The molecule has 1 aromatic carbocycles. The Hall–Kier alpha value is -1.72. The summed E-state index contributed by atoms with van der Waals surface area (Å²) in [6, 6.07) is 7.00. The number of fused-ring (bicyclic) bond motifs is 1. The number of benzene rings is 1. The van der Waals surface area contributed by atoms with Crippen LogP contribution >= 0.6 is 11.3 Å². The first kappa shape index (κ1) is 23.0. The smallest absolute Gasteiger partial charge is 0.225 e. The molecular formula is C28H38N2O2S. The van der Waals surface area contributed by atoms with E-state index in [2.05, 4.69) is 51.3 Å². The van der Waals surface area contributed by atoms with Crippen LogP contribution < -0.4 is 0 Å². The molecule has 0 spiro atoms. The molecule has 2 fully saturated rings. The molecule has 3 aliphatic rings. The number of piperidine rings is 1. The normalized spacial score (nSPS) is 26.9. The monoisotopic (exact) mass is 466 g/mol. The summed E-state index contributed by atoms with van der Waals surface area (Å²) in [7, 11) is 0. The first-order valence-corrected chi connectivity index (χ1v) is 13.6. The number of rotatable bonds is 3. The molecule has 4 nitrogen and oxygen atoms in total. The van der Waals surface area contributed by atoms with Gasteiger partial charge in [-0.15, -0.1) is 11.3 Å². The van der Waals surface area contributed by atoms with Crippen LogP contribution in [0.15, 0.2) is 23.6 Å². The number of likely N-dealkylation sites (tertiary alicyclic amines) is 1. The second-order valence-corrected chi connectivity index (χ2v) is 12.8. The summed E-state index contributed by atoms with van der Waals surface area (Å²) >= 11 is 1.78. The predicted octanol–water partition coefficient (Wildman–Crippen LogP) is 6.03. The van der Waals surface area contributed by atoms with Gasteiger partial charge in [-0.1, -0.05) is 39.8 Å². The van der Waals surface area contributed by atoms with Gasteiger partial charge in [-0.05, 0) is 73.0 Å². The molecule has 2 heterocycles. The van der Waals surface area contributed by atoms with Gasteiger partial charge in [0.1, 0.15) is 0 Å². The maximum atomic E-state index is 12.8. The van der Waals surface area contributed by atoms with E-state index < -0.39 is 0 Å². The number of aliphatic hydroxyl groups is 1. The first-order chi connectivity index (χ1) is 15.6. The second-order valence-electron chi connectivity index (χ2n) is 11.9. The summed E-state index contributed by atoms with van der Waals surface area (Å²) in [6.07, 6.45) is 6.38. The average Bonchev–Trinajstić information content (AvgIpc) is 3.46. The Balaban J connectivity index is 1.28. The summed E-state index contributed by atoms with van der Waals surface area (Å²) in [5, 5.41) is 13.2. The molecule has 1 saturated carbocycles. The molecule has 1 aromatic heterocycles. The molecule has 1 N–H and O–H groups in total. The van der Waals surface area contributed by atoms with Gasteiger partial charge in [0.05, 0.1) is 16.8 Å². The fourth-order valence-corrected chi connectivity index (χ4v) is 7.14. The Morgan fingerprint density at radius 1 is 1.03 bits per heavy atom. The molecule has 178 valence electrons. The summed E-state index contributed by atoms with van der Waals surface area (Å²) in [4.78, 5) is 19.9. The number of amides is 1. The fraction of sp³-hybridized carbons (Fsp3) is 0.643. The molecule has 0 bridgehead atoms. The highest BCUT2D eigenvalue weighted by Crippen LogP contribution is 2.47. The minimum Gasteiger partial charge on any atom is -0.393 e. The molecule has 2 atom stereocenters. The lowest BCUT2D eigenvalue weighted by molar-refractivity contribution is -0.136. The van der Waals surface area contributed by atoms with Crippen molar-refractivity contribution in [3.8, 4) is 11.3 Å². The maximum absolute atomic E-state index is 12.8. The molecule has 0 unspecified atom stereocenters. The highest BCUT2D eigenvalue weighted by molar-refractivity contribution is 7.10. The standard InChI is InChI=1S/C28H38N2O2S/c1-27(2)11-12-28(3,4)23-16-19(6-8-22(23)27)24-17-33-25(29-24)18-9-13-30(14-10-18)26(32)20-5-7-21(31)15-20/h6,8,16-18,20-21,31H,5,7,9-15H2,1-4H3/t20-,21-/m1/s1. The zero-order chi connectivity index (χ0) is 23.4. The summed E-state index contributed by atoms with van der Waals surface area (Å²) in [6.45, 7) is 11.1. The molecule has 0 radical (unpaired) electrons. The van der Waals surface area contributed by atoms with Crippen molar-refractivity contribution in [2.45, 2.75) is 95.5 Å². The van der Waals surface area contributed by atoms with Crippen molar-refractivity contribution >= 4 is 17.2 Å². The topological polar surface area (TPSA) is 53.4 Å². The molecule has 1 amide bonds. The first-order valence-electron chi connectivity index (χ1n) is 12.7. The van der Waals surface area contributed by atoms with E-state index in [0.29, 0.717) is 12.3 Å². The largest absolute Gasteiger partial charge is 0.393 e. The fourth-order valence-electron chi connectivity index (χ4n) is 6.14. The molecule has 5 heteroatoms. The van der Waals surface area contributed by atoms with Crippen LogP contribution in [-0.2, 0) is 15.6 Å². The number of hydrogen-bond donors (Lipinski definition) is 1. The van der Waals surface area contributed by atoms with Gasteiger partial charge in [0, 0.05) is 35.9 Å². The van der Waals surface area contributed by atoms with Crippen LogP contribution in [0.1, 0.15) is 94.7 Å². The Labute approximate surface area is 202 Å². The van der Waals surface area contributed by atoms with Gasteiger partial charge >= 0.3 is 0 Å². The van der Waals surface area contributed by atoms with Crippen LogP contribution in [-0.4, -0.2) is 40.1 Å². The van der Waals surface area contributed by atoms with Gasteiger partial charge in [0.25, 0.3) is 0 Å². The quantitative estimate of drug-likeness (QED) is 0.601. The van der Waals surface area contributed by atoms with Gasteiger partial charge in [-0.3, -0.25) is 4.79 Å². The molecular weight excluding hydrogens is 428 g/mol. The Kier molecular flexibility index (Phi) is 5.93. The Morgan fingerprint density at radius 3 is 2.39 bits per heavy atom. The van der Waals surface area contributed by atoms with E-state index in [0.717, 1.165) is 44.5 Å². The highest BCUT2D eigenvalue weighted by Gasteiger charge is 2.37. The summed E-state index contributed by atoms with van der Waals surface area (Å²) < 4.78 is 0. The van der Waals surface area contributed by atoms with Crippen LogP contribution in [0, 0.1) is 5.92 Å². The van der Waals surface area contributed by atoms with Crippen LogP contribution in [0.4, 0.5) is 0 Å². The third-order valence-electron chi connectivity index (χ3n) is 8.58. The van der Waals surface area contributed by atoms with Crippen LogP contribution in [0.3, 0.4) is 0 Å². The average molecular weight is 467 g/mol. The second kappa shape index (κ2) is 8.49. The Morgan fingerprint density at radius 2 is 1.73 bits per heavy atom. The minimum atomic E-state index is -0.287. The molecule has 2 aliphatic carbocycles. The van der Waals surface area contributed by atoms with Gasteiger partial charge in [0.2, 0.25) is 5.91 Å². The molecule has 2 aromatic rings. The molecule has 1 aliphatic heterocycles. The van der Waals surface area contributed by atoms with Crippen molar-refractivity contribution < 1.29 is 9.90 Å². The van der Waals surface area contributed by atoms with Crippen LogP contribution in [0.2, 0.25) is 0 Å². The van der Waals surface area contributed by atoms with E-state index in [1.165, 1.54) is 34.5 Å². The lowest BCUT2D eigenvalue weighted by Gasteiger charge is -2.42. The summed E-state index contributed by atoms with van der Waals surface area (Å²) in [5.41, 5.74) is 5.73. The molecule has 1 saturated heterocycles. The van der Waals surface area contributed by atoms with Crippen LogP contribution in [0.5, 0.6) is 0 Å². The van der Waals surface area contributed by atoms with Gasteiger partial charge < -0.3 is 10.0 Å². The number of nitrogens with zero attached hydrogens (tertiary/aromatic N) is 2. The van der Waals surface area contributed by atoms with Crippen molar-refractivity contribution in [2.24, 2.45) is 5.92 Å². The van der Waals surface area contributed by atoms with E-state index in [1.54, 1.807) is 11.3 Å². The van der Waals surface area contributed by atoms with E-state index in [1.807, 2.05) is 4.90 Å². The lowest BCUT2D eigenvalue weighted by Crippen LogP contribution is -2.41. The van der Waals surface area contributed by atoms with Crippen molar-refractivity contribution in [1.82, 2.24) is 9.88 Å². The van der Waals surface area contributed by atoms with Crippen molar-refractivity contribution in [3.05, 3.63) is 39.7 Å². The molecule has 33 heavy (non-hydrogen) atoms. The van der Waals surface area contributed by atoms with E-state index in [9.17, 15) is 9.90 Å². The van der Waals surface area contributed by atoms with Crippen molar-refractivity contribution in [1.29, 1.82) is 0 Å². The Bertz CT molecular complexity index is 1030. The van der Waals surface area contributed by atoms with Crippen molar-refractivity contribution in [3.63, 3.8) is 0 Å². The number of carbonyl (C=O) groups excluding carboxylic acids is 1. The number of hydrogen-bond acceptors (Lipinski definition) is 4. The zero-order valence-electron chi connectivity index (χ0n) is 20.6. The van der Waals surface area contributed by atoms with E-state index in [-0.39, 0.29) is 28.8 Å². The van der Waals surface area contributed by atoms with Gasteiger partial charge in [-0.25, -0.2) is 4.98 Å². The van der Waals surface area contributed by atoms with E-state index in [4.69, 9.17) is 4.98 Å². The van der Waals surface area contributed by atoms with Crippen LogP contribution in [0.25, 0.3) is 11.3 Å². The summed E-state index contributed by atoms with van der Waals surface area (Å²) in [5.74, 6) is 0.723. The molecule has 5 rings (SSSR count). The van der Waals surface area contributed by atoms with Crippen molar-refractivity contribution in [2.75, 3.05) is 13.1 Å². The maximum Gasteiger partial charge on any atom is 0.225 e. The number of carbonyl (C=O) groups is 1. The predicted molar refractivity (Wildman–Crippen MR) is 135 cm³/mol. The highest BCUT2D eigenvalue weighted by atomic mass is 32.1. The SMILES string of the molecule is CC1(C)CCC(C)(C)c2cc(-c3csc(C4CCN(C(=O)[C@@H]5CC[C@@H](O)C5)CC4)n3)ccc21.